The van der Waals surface area contributed by atoms with E-state index in [4.69, 9.17) is 0 Å². The van der Waals surface area contributed by atoms with Crippen LogP contribution in [0.1, 0.15) is 77.4 Å². The molecule has 0 aliphatic heterocycles. The van der Waals surface area contributed by atoms with E-state index in [1.807, 2.05) is 70.2 Å². The third kappa shape index (κ3) is 9.07. The lowest BCUT2D eigenvalue weighted by Crippen LogP contribution is -2.56. The number of Topliss-reactive ketones (excluding diaryl/α,β-unsaturated/α-hetero) is 1. The fourth-order valence-corrected chi connectivity index (χ4v) is 4.26. The highest BCUT2D eigenvalue weighted by molar-refractivity contribution is 6.38. The highest BCUT2D eigenvalue weighted by atomic mass is 16.2. The molecule has 216 valence electrons. The second kappa shape index (κ2) is 14.4. The lowest BCUT2D eigenvalue weighted by Gasteiger charge is -2.35. The number of benzene rings is 2. The zero-order valence-electron chi connectivity index (χ0n) is 24.9. The molecule has 4 N–H and O–H groups in total. The Morgan fingerprint density at radius 2 is 1.30 bits per heavy atom. The third-order valence-corrected chi connectivity index (χ3v) is 6.69. The first-order chi connectivity index (χ1) is 18.8. The van der Waals surface area contributed by atoms with Crippen molar-refractivity contribution in [1.29, 1.82) is 0 Å². The second-order valence-electron chi connectivity index (χ2n) is 11.4. The van der Waals surface area contributed by atoms with Gasteiger partial charge >= 0.3 is 0 Å². The van der Waals surface area contributed by atoms with Crippen molar-refractivity contribution in [2.45, 2.75) is 79.6 Å². The molecule has 2 rings (SSSR count). The lowest BCUT2D eigenvalue weighted by molar-refractivity contribution is -0.141. The molecule has 40 heavy (non-hydrogen) atoms. The van der Waals surface area contributed by atoms with Crippen LogP contribution in [0.5, 0.6) is 0 Å². The van der Waals surface area contributed by atoms with Crippen LogP contribution < -0.4 is 21.3 Å². The van der Waals surface area contributed by atoms with E-state index in [1.165, 1.54) is 0 Å². The zero-order chi connectivity index (χ0) is 30.0. The molecule has 0 saturated heterocycles. The molecule has 4 atom stereocenters. The van der Waals surface area contributed by atoms with Gasteiger partial charge in [-0.05, 0) is 49.8 Å². The van der Waals surface area contributed by atoms with Gasteiger partial charge < -0.3 is 21.3 Å². The van der Waals surface area contributed by atoms with E-state index >= 15 is 0 Å². The maximum atomic E-state index is 13.2. The molecule has 2 aromatic carbocycles. The van der Waals surface area contributed by atoms with Gasteiger partial charge in [-0.3, -0.25) is 19.2 Å². The highest BCUT2D eigenvalue weighted by Gasteiger charge is 2.34. The minimum absolute atomic E-state index is 0.222. The molecule has 8 nitrogen and oxygen atoms in total. The van der Waals surface area contributed by atoms with Crippen molar-refractivity contribution in [3.8, 4) is 0 Å². The van der Waals surface area contributed by atoms with Crippen molar-refractivity contribution < 1.29 is 19.2 Å². The van der Waals surface area contributed by atoms with Crippen LogP contribution in [0.25, 0.3) is 0 Å². The highest BCUT2D eigenvalue weighted by Crippen LogP contribution is 2.25. The van der Waals surface area contributed by atoms with Crippen LogP contribution in [-0.4, -0.2) is 41.6 Å². The molecule has 8 heteroatoms. The Kier molecular flexibility index (Phi) is 11.7. The first-order valence-electron chi connectivity index (χ1n) is 13.7. The number of carbonyl (C=O) groups excluding carboxylic acids is 4. The Balaban J connectivity index is 2.11. The molecule has 0 aliphatic carbocycles. The quantitative estimate of drug-likeness (QED) is 0.295. The maximum Gasteiger partial charge on any atom is 0.290 e. The normalized spacial score (nSPS) is 14.9. The van der Waals surface area contributed by atoms with Gasteiger partial charge in [0.1, 0.15) is 6.04 Å². The summed E-state index contributed by atoms with van der Waals surface area (Å²) >= 11 is 0. The first-order valence-corrected chi connectivity index (χ1v) is 13.7. The number of allylic oxidation sites excluding steroid dienone is 1. The summed E-state index contributed by atoms with van der Waals surface area (Å²) in [6.07, 6.45) is 1.83. The fourth-order valence-electron chi connectivity index (χ4n) is 4.26. The van der Waals surface area contributed by atoms with Gasteiger partial charge in [0.25, 0.3) is 11.8 Å². The zero-order valence-corrected chi connectivity index (χ0v) is 24.9. The molecule has 0 aliphatic rings. The fraction of sp³-hybridized carbons (Fsp3) is 0.438. The molecule has 0 saturated carbocycles. The molecular formula is C32H44N4O4. The van der Waals surface area contributed by atoms with E-state index in [0.717, 1.165) is 5.56 Å². The van der Waals surface area contributed by atoms with Crippen LogP contribution in [0.4, 0.5) is 0 Å². The molecule has 0 spiro atoms. The second-order valence-corrected chi connectivity index (χ2v) is 11.4. The first kappa shape index (κ1) is 32.3. The monoisotopic (exact) mass is 548 g/mol. The van der Waals surface area contributed by atoms with Crippen LogP contribution in [0.3, 0.4) is 0 Å². The molecule has 0 radical (unpaired) electrons. The van der Waals surface area contributed by atoms with Gasteiger partial charge in [-0.15, -0.1) is 0 Å². The van der Waals surface area contributed by atoms with Crippen molar-refractivity contribution in [2.24, 2.45) is 11.3 Å². The summed E-state index contributed by atoms with van der Waals surface area (Å²) in [5.74, 6) is -2.42. The molecule has 2 aromatic rings. The number of hydrogen-bond donors (Lipinski definition) is 4. The Morgan fingerprint density at radius 1 is 0.750 bits per heavy atom. The molecule has 0 aromatic heterocycles. The van der Waals surface area contributed by atoms with Crippen LogP contribution >= 0.6 is 0 Å². The van der Waals surface area contributed by atoms with E-state index in [9.17, 15) is 19.2 Å². The average Bonchev–Trinajstić information content (AvgIpc) is 2.92. The molecular weight excluding hydrogens is 504 g/mol. The Bertz CT molecular complexity index is 1190. The minimum atomic E-state index is -0.995. The molecule has 0 fully saturated rings. The summed E-state index contributed by atoms with van der Waals surface area (Å²) in [7, 11) is 0. The van der Waals surface area contributed by atoms with Crippen LogP contribution in [0, 0.1) is 11.3 Å². The summed E-state index contributed by atoms with van der Waals surface area (Å²) in [6, 6.07) is 15.8. The number of hydrogen-bond acceptors (Lipinski definition) is 5. The Hall–Kier alpha value is -3.94. The molecule has 0 heterocycles. The summed E-state index contributed by atoms with van der Waals surface area (Å²) in [4.78, 5) is 52.0. The smallest absolute Gasteiger partial charge is 0.290 e. The minimum Gasteiger partial charge on any atom is -0.376 e. The van der Waals surface area contributed by atoms with E-state index in [0.29, 0.717) is 11.3 Å². The summed E-state index contributed by atoms with van der Waals surface area (Å²) in [5.41, 5.74) is 1.70. The molecule has 0 unspecified atom stereocenters. The predicted octanol–water partition coefficient (Wildman–Crippen LogP) is 4.30. The van der Waals surface area contributed by atoms with Gasteiger partial charge in [0, 0.05) is 11.3 Å². The van der Waals surface area contributed by atoms with Gasteiger partial charge in [0.05, 0.1) is 18.1 Å². The summed E-state index contributed by atoms with van der Waals surface area (Å²) in [5, 5.41) is 11.8. The van der Waals surface area contributed by atoms with Gasteiger partial charge in [-0.2, -0.15) is 0 Å². The van der Waals surface area contributed by atoms with Gasteiger partial charge in [-0.25, -0.2) is 0 Å². The predicted molar refractivity (Wildman–Crippen MR) is 158 cm³/mol. The number of rotatable bonds is 12. The van der Waals surface area contributed by atoms with Gasteiger partial charge in [0.2, 0.25) is 11.7 Å². The van der Waals surface area contributed by atoms with Gasteiger partial charge in [-0.1, -0.05) is 89.2 Å². The lowest BCUT2D eigenvalue weighted by atomic mass is 9.84. The van der Waals surface area contributed by atoms with Crippen LogP contribution in [0.2, 0.25) is 0 Å². The van der Waals surface area contributed by atoms with Crippen LogP contribution in [-0.2, 0) is 14.4 Å². The Labute approximate surface area is 238 Å². The SMILES string of the molecule is CC=C(N[C@@H](C)C(=O)N[C@H](C(=O)C(=O)N[C@H](C)c1ccccc1)C(C)C)[C@@H](NC(=O)c1ccccc1)C(C)(C)C. The molecule has 3 amide bonds. The number of ketones is 1. The number of nitrogens with one attached hydrogen (secondary N) is 4. The van der Waals surface area contributed by atoms with Crippen molar-refractivity contribution >= 4 is 23.5 Å². The van der Waals surface area contributed by atoms with Crippen molar-refractivity contribution in [2.75, 3.05) is 0 Å². The van der Waals surface area contributed by atoms with Crippen molar-refractivity contribution in [3.63, 3.8) is 0 Å². The summed E-state index contributed by atoms with van der Waals surface area (Å²) < 4.78 is 0. The third-order valence-electron chi connectivity index (χ3n) is 6.69. The average molecular weight is 549 g/mol. The summed E-state index contributed by atoms with van der Waals surface area (Å²) in [6.45, 7) is 14.9. The van der Waals surface area contributed by atoms with E-state index in [-0.39, 0.29) is 23.3 Å². The number of amides is 3. The number of carbonyl (C=O) groups is 4. The van der Waals surface area contributed by atoms with E-state index < -0.39 is 35.7 Å². The van der Waals surface area contributed by atoms with E-state index in [1.54, 1.807) is 52.0 Å². The van der Waals surface area contributed by atoms with Crippen molar-refractivity contribution in [1.82, 2.24) is 21.3 Å². The van der Waals surface area contributed by atoms with Crippen molar-refractivity contribution in [3.05, 3.63) is 83.6 Å². The molecule has 0 bridgehead atoms. The standard InChI is InChI=1S/C32H44N4O4/c1-9-25(28(32(6,7)8)36-30(39)24-18-14-11-15-19-24)33-22(5)29(38)35-26(20(2)3)27(37)31(40)34-21(4)23-16-12-10-13-17-23/h9-22,26,28,33H,1-8H3,(H,34,40)(H,35,38)(H,36,39)/t21-,22+,26+,28-/m1/s1. The van der Waals surface area contributed by atoms with Crippen LogP contribution in [0.15, 0.2) is 72.4 Å². The van der Waals surface area contributed by atoms with Gasteiger partial charge in [0.15, 0.2) is 0 Å². The van der Waals surface area contributed by atoms with E-state index in [2.05, 4.69) is 21.3 Å². The maximum absolute atomic E-state index is 13.2. The topological polar surface area (TPSA) is 116 Å². The Morgan fingerprint density at radius 3 is 1.80 bits per heavy atom. The largest absolute Gasteiger partial charge is 0.376 e.